The van der Waals surface area contributed by atoms with Crippen LogP contribution in [0.5, 0.6) is 0 Å². The first-order chi connectivity index (χ1) is 24.8. The van der Waals surface area contributed by atoms with Crippen LogP contribution >= 0.6 is 0 Å². The van der Waals surface area contributed by atoms with Crippen LogP contribution in [0.1, 0.15) is 0 Å². The third kappa shape index (κ3) is 4.50. The molecule has 0 amide bonds. The number of furan rings is 2. The molecule has 0 aliphatic rings. The lowest BCUT2D eigenvalue weighted by Crippen LogP contribution is -2.01. The van der Waals surface area contributed by atoms with Crippen molar-refractivity contribution in [2.45, 2.75) is 0 Å². The molecule has 0 saturated heterocycles. The number of nitrogens with zero attached hydrogens (tertiary/aromatic N) is 4. The average Bonchev–Trinajstić information content (AvgIpc) is 3.77. The molecule has 6 heteroatoms. The summed E-state index contributed by atoms with van der Waals surface area (Å²) in [6.07, 6.45) is 3.64. The van der Waals surface area contributed by atoms with Gasteiger partial charge in [-0.2, -0.15) is 0 Å². The van der Waals surface area contributed by atoms with Crippen LogP contribution in [0.4, 0.5) is 0 Å². The lowest BCUT2D eigenvalue weighted by atomic mass is 9.95. The quantitative estimate of drug-likeness (QED) is 0.186. The Morgan fingerprint density at radius 2 is 0.960 bits per heavy atom. The maximum Gasteiger partial charge on any atom is 0.164 e. The van der Waals surface area contributed by atoms with Crippen molar-refractivity contribution in [3.8, 4) is 56.4 Å². The van der Waals surface area contributed by atoms with Crippen molar-refractivity contribution in [1.29, 1.82) is 0 Å². The van der Waals surface area contributed by atoms with Gasteiger partial charge in [0.1, 0.15) is 22.3 Å². The predicted octanol–water partition coefficient (Wildman–Crippen LogP) is 11.4. The summed E-state index contributed by atoms with van der Waals surface area (Å²) in [4.78, 5) is 19.8. The molecule has 0 radical (unpaired) electrons. The predicted molar refractivity (Wildman–Crippen MR) is 199 cm³/mol. The maximum atomic E-state index is 6.74. The van der Waals surface area contributed by atoms with Crippen molar-refractivity contribution in [2.75, 3.05) is 0 Å². The Labute approximate surface area is 286 Å². The molecule has 6 aromatic carbocycles. The second-order valence-electron chi connectivity index (χ2n) is 12.2. The molecule has 10 aromatic rings. The van der Waals surface area contributed by atoms with Gasteiger partial charge < -0.3 is 8.83 Å². The van der Waals surface area contributed by atoms with E-state index in [0.717, 1.165) is 82.8 Å². The number of pyridine rings is 1. The van der Waals surface area contributed by atoms with Gasteiger partial charge in [-0.25, -0.2) is 15.0 Å². The minimum Gasteiger partial charge on any atom is -0.456 e. The summed E-state index contributed by atoms with van der Waals surface area (Å²) in [5.41, 5.74) is 9.88. The summed E-state index contributed by atoms with van der Waals surface area (Å²) < 4.78 is 13.0. The Bertz CT molecular complexity index is 2880. The van der Waals surface area contributed by atoms with Gasteiger partial charge in [0.15, 0.2) is 17.5 Å². The molecule has 0 fully saturated rings. The number of hydrogen-bond donors (Lipinski definition) is 0. The summed E-state index contributed by atoms with van der Waals surface area (Å²) in [5.74, 6) is 1.73. The lowest BCUT2D eigenvalue weighted by Gasteiger charge is -2.13. The normalized spacial score (nSPS) is 11.6. The molecule has 50 heavy (non-hydrogen) atoms. The maximum absolute atomic E-state index is 6.74. The minimum atomic E-state index is 0.560. The summed E-state index contributed by atoms with van der Waals surface area (Å²) in [6, 6.07) is 48.9. The topological polar surface area (TPSA) is 77.8 Å². The molecule has 6 nitrogen and oxygen atoms in total. The number of hydrogen-bond acceptors (Lipinski definition) is 6. The molecule has 0 unspecified atom stereocenters. The van der Waals surface area contributed by atoms with E-state index in [4.69, 9.17) is 23.8 Å². The van der Waals surface area contributed by atoms with Gasteiger partial charge in [-0.1, -0.05) is 109 Å². The zero-order valence-electron chi connectivity index (χ0n) is 26.6. The lowest BCUT2D eigenvalue weighted by molar-refractivity contribution is 0.668. The van der Waals surface area contributed by atoms with E-state index >= 15 is 0 Å². The standard InChI is InChI=1S/C44H26N4O2/c1-2-12-27(13-3-1)42-46-43(32-16-5-4-15-29(32)28-14-11-25-45-26-28)48-44(47-42)35-24-23-31(41-40(35)34-18-7-9-21-37(34)50-41)30-19-10-22-38-39(30)33-17-6-8-20-36(33)49-38/h1-26H. The van der Waals surface area contributed by atoms with Crippen molar-refractivity contribution in [2.24, 2.45) is 0 Å². The van der Waals surface area contributed by atoms with E-state index in [1.807, 2.05) is 103 Å². The first kappa shape index (κ1) is 28.1. The van der Waals surface area contributed by atoms with Crippen LogP contribution in [0.25, 0.3) is 100 Å². The summed E-state index contributed by atoms with van der Waals surface area (Å²) >= 11 is 0. The fraction of sp³-hybridized carbons (Fsp3) is 0. The Morgan fingerprint density at radius 1 is 0.360 bits per heavy atom. The van der Waals surface area contributed by atoms with E-state index in [2.05, 4.69) is 53.5 Å². The molecule has 0 N–H and O–H groups in total. The number of fused-ring (bicyclic) bond motifs is 6. The van der Waals surface area contributed by atoms with Gasteiger partial charge in [0, 0.05) is 61.8 Å². The van der Waals surface area contributed by atoms with Gasteiger partial charge >= 0.3 is 0 Å². The minimum absolute atomic E-state index is 0.560. The van der Waals surface area contributed by atoms with Gasteiger partial charge in [0.25, 0.3) is 0 Å². The highest BCUT2D eigenvalue weighted by Gasteiger charge is 2.23. The van der Waals surface area contributed by atoms with Gasteiger partial charge in [0.05, 0.1) is 0 Å². The fourth-order valence-electron chi connectivity index (χ4n) is 7.01. The Balaban J connectivity index is 1.26. The number of rotatable bonds is 5. The Morgan fingerprint density at radius 3 is 1.76 bits per heavy atom. The molecule has 234 valence electrons. The molecule has 10 rings (SSSR count). The third-order valence-electron chi connectivity index (χ3n) is 9.27. The van der Waals surface area contributed by atoms with Crippen molar-refractivity contribution in [3.05, 3.63) is 158 Å². The first-order valence-electron chi connectivity index (χ1n) is 16.5. The van der Waals surface area contributed by atoms with E-state index in [-0.39, 0.29) is 0 Å². The SMILES string of the molecule is c1ccc(-c2nc(-c3ccccc3-c3cccnc3)nc(-c3ccc(-c4cccc5oc6ccccc6c45)c4oc5ccccc5c34)n2)cc1. The second-order valence-corrected chi connectivity index (χ2v) is 12.2. The van der Waals surface area contributed by atoms with Gasteiger partial charge in [-0.05, 0) is 47.5 Å². The Kier molecular flexibility index (Phi) is 6.39. The molecule has 0 saturated carbocycles. The Hall–Kier alpha value is -6.92. The van der Waals surface area contributed by atoms with E-state index in [1.54, 1.807) is 6.20 Å². The molecule has 4 aromatic heterocycles. The smallest absolute Gasteiger partial charge is 0.164 e. The summed E-state index contributed by atoms with van der Waals surface area (Å²) in [5, 5.41) is 4.05. The molecule has 0 aliphatic carbocycles. The molecule has 0 bridgehead atoms. The molecular formula is C44H26N4O2. The largest absolute Gasteiger partial charge is 0.456 e. The van der Waals surface area contributed by atoms with Gasteiger partial charge in [-0.15, -0.1) is 0 Å². The van der Waals surface area contributed by atoms with Crippen LogP contribution in [0.3, 0.4) is 0 Å². The highest BCUT2D eigenvalue weighted by Crippen LogP contribution is 2.45. The number of para-hydroxylation sites is 2. The van der Waals surface area contributed by atoms with Crippen LogP contribution < -0.4 is 0 Å². The third-order valence-corrected chi connectivity index (χ3v) is 9.27. The van der Waals surface area contributed by atoms with Crippen LogP contribution in [-0.4, -0.2) is 19.9 Å². The highest BCUT2D eigenvalue weighted by atomic mass is 16.3. The van der Waals surface area contributed by atoms with E-state index in [1.165, 1.54) is 0 Å². The van der Waals surface area contributed by atoms with Crippen molar-refractivity contribution in [1.82, 2.24) is 19.9 Å². The van der Waals surface area contributed by atoms with Crippen molar-refractivity contribution >= 4 is 43.9 Å². The summed E-state index contributed by atoms with van der Waals surface area (Å²) in [7, 11) is 0. The summed E-state index contributed by atoms with van der Waals surface area (Å²) in [6.45, 7) is 0. The molecule has 4 heterocycles. The van der Waals surface area contributed by atoms with Crippen molar-refractivity contribution in [3.63, 3.8) is 0 Å². The average molecular weight is 643 g/mol. The van der Waals surface area contributed by atoms with Gasteiger partial charge in [0.2, 0.25) is 0 Å². The van der Waals surface area contributed by atoms with Gasteiger partial charge in [-0.3, -0.25) is 4.98 Å². The van der Waals surface area contributed by atoms with Crippen LogP contribution in [-0.2, 0) is 0 Å². The second kappa shape index (κ2) is 11.4. The zero-order chi connectivity index (χ0) is 33.0. The van der Waals surface area contributed by atoms with Crippen LogP contribution in [0.15, 0.2) is 167 Å². The van der Waals surface area contributed by atoms with Crippen LogP contribution in [0.2, 0.25) is 0 Å². The number of benzene rings is 6. The van der Waals surface area contributed by atoms with E-state index in [0.29, 0.717) is 17.5 Å². The van der Waals surface area contributed by atoms with E-state index < -0.39 is 0 Å². The monoisotopic (exact) mass is 642 g/mol. The highest BCUT2D eigenvalue weighted by molar-refractivity contribution is 6.20. The number of aromatic nitrogens is 4. The fourth-order valence-corrected chi connectivity index (χ4v) is 7.01. The first-order valence-corrected chi connectivity index (χ1v) is 16.5. The molecule has 0 spiro atoms. The molecule has 0 aliphatic heterocycles. The van der Waals surface area contributed by atoms with Crippen molar-refractivity contribution < 1.29 is 8.83 Å². The molecular weight excluding hydrogens is 617 g/mol. The van der Waals surface area contributed by atoms with E-state index in [9.17, 15) is 0 Å². The zero-order valence-corrected chi connectivity index (χ0v) is 26.6. The molecule has 0 atom stereocenters. The van der Waals surface area contributed by atoms with Crippen LogP contribution in [0, 0.1) is 0 Å².